The van der Waals surface area contributed by atoms with Crippen molar-refractivity contribution >= 4 is 57.2 Å². The van der Waals surface area contributed by atoms with Crippen LogP contribution in [0.3, 0.4) is 0 Å². The van der Waals surface area contributed by atoms with Gasteiger partial charge in [-0.15, -0.1) is 6.58 Å². The molecule has 0 saturated carbocycles. The summed E-state index contributed by atoms with van der Waals surface area (Å²) in [5.41, 5.74) is 0.409. The van der Waals surface area contributed by atoms with E-state index < -0.39 is 4.92 Å². The van der Waals surface area contributed by atoms with E-state index in [0.29, 0.717) is 34.1 Å². The van der Waals surface area contributed by atoms with Crippen LogP contribution >= 0.6 is 35.6 Å². The number of amidine groups is 1. The molecule has 0 amide bonds. The lowest BCUT2D eigenvalue weighted by Gasteiger charge is -2.18. The van der Waals surface area contributed by atoms with E-state index in [0.717, 1.165) is 0 Å². The number of hydrogen-bond acceptors (Lipinski definition) is 4. The van der Waals surface area contributed by atoms with Crippen molar-refractivity contribution in [3.05, 3.63) is 46.0 Å². The number of nitrogens with zero attached hydrogens (tertiary/aromatic N) is 3. The fourth-order valence-corrected chi connectivity index (χ4v) is 3.48. The smallest absolute Gasteiger partial charge is 0.294 e. The van der Waals surface area contributed by atoms with Crippen molar-refractivity contribution in [1.82, 2.24) is 5.32 Å². The third kappa shape index (κ3) is 4.43. The summed E-state index contributed by atoms with van der Waals surface area (Å²) in [5.74, 6) is 0. The number of aliphatic imine (C=N–C) groups is 1. The van der Waals surface area contributed by atoms with Crippen LogP contribution in [0.25, 0.3) is 0 Å². The Balaban J connectivity index is 2.36. The van der Waals surface area contributed by atoms with Crippen LogP contribution in [-0.4, -0.2) is 33.5 Å². The molecule has 0 aliphatic carbocycles. The van der Waals surface area contributed by atoms with Crippen LogP contribution in [0.2, 0.25) is 5.02 Å². The lowest BCUT2D eigenvalue weighted by molar-refractivity contribution is -0.384. The summed E-state index contributed by atoms with van der Waals surface area (Å²) < 4.78 is 0. The van der Waals surface area contributed by atoms with E-state index in [2.05, 4.69) is 16.9 Å². The zero-order valence-corrected chi connectivity index (χ0v) is 14.7. The van der Waals surface area contributed by atoms with Crippen molar-refractivity contribution in [1.29, 1.82) is 0 Å². The first-order chi connectivity index (χ1) is 10.9. The number of halogens is 1. The first-order valence-electron chi connectivity index (χ1n) is 6.78. The van der Waals surface area contributed by atoms with Crippen molar-refractivity contribution in [3.63, 3.8) is 0 Å². The Morgan fingerprint density at radius 1 is 1.74 bits per heavy atom. The summed E-state index contributed by atoms with van der Waals surface area (Å²) in [7, 11) is 0. The standard InChI is InChI=1S/C14H15ClN4O2S2/c1-3-6-16-13(22)17-14-18(8-9(2)23-14)11-5-4-10(15)7-12(11)19(20)21/h3-5,7,9H,1,6,8H2,2H3,(H,16,22)/t9-/m1/s1. The molecule has 0 spiro atoms. The molecule has 1 heterocycles. The molecule has 0 unspecified atom stereocenters. The number of nitro groups is 1. The summed E-state index contributed by atoms with van der Waals surface area (Å²) in [4.78, 5) is 17.0. The molecule has 2 rings (SSSR count). The lowest BCUT2D eigenvalue weighted by Crippen LogP contribution is -2.28. The van der Waals surface area contributed by atoms with Crippen molar-refractivity contribution in [2.24, 2.45) is 4.99 Å². The topological polar surface area (TPSA) is 70.8 Å². The number of hydrogen-bond donors (Lipinski definition) is 1. The molecule has 1 aromatic rings. The Morgan fingerprint density at radius 2 is 2.48 bits per heavy atom. The average molecular weight is 371 g/mol. The van der Waals surface area contributed by atoms with Crippen LogP contribution in [-0.2, 0) is 0 Å². The molecule has 0 aromatic heterocycles. The van der Waals surface area contributed by atoms with E-state index in [1.54, 1.807) is 23.1 Å². The molecule has 1 N–H and O–H groups in total. The minimum absolute atomic E-state index is 0.0510. The van der Waals surface area contributed by atoms with Gasteiger partial charge < -0.3 is 10.2 Å². The van der Waals surface area contributed by atoms with Crippen molar-refractivity contribution in [2.75, 3.05) is 18.0 Å². The summed E-state index contributed by atoms with van der Waals surface area (Å²) >= 11 is 12.6. The molecule has 1 aliphatic rings. The van der Waals surface area contributed by atoms with Crippen LogP contribution in [0.1, 0.15) is 6.92 Å². The number of anilines is 1. The number of thioether (sulfide) groups is 1. The molecular formula is C14H15ClN4O2S2. The molecule has 0 bridgehead atoms. The van der Waals surface area contributed by atoms with E-state index in [-0.39, 0.29) is 10.9 Å². The lowest BCUT2D eigenvalue weighted by atomic mass is 10.2. The van der Waals surface area contributed by atoms with Gasteiger partial charge in [-0.1, -0.05) is 36.4 Å². The van der Waals surface area contributed by atoms with Gasteiger partial charge in [0.05, 0.1) is 4.92 Å². The van der Waals surface area contributed by atoms with Gasteiger partial charge in [-0.05, 0) is 24.4 Å². The first-order valence-corrected chi connectivity index (χ1v) is 8.44. The summed E-state index contributed by atoms with van der Waals surface area (Å²) in [6.07, 6.45) is 1.68. The largest absolute Gasteiger partial charge is 0.357 e. The second kappa shape index (κ2) is 7.76. The number of rotatable bonds is 4. The SMILES string of the molecule is C=CCNC(=S)N=C1S[C@H](C)CN1c1ccc(Cl)cc1[N+](=O)[O-]. The fourth-order valence-electron chi connectivity index (χ4n) is 2.06. The Labute approximate surface area is 148 Å². The van der Waals surface area contributed by atoms with Crippen LogP contribution in [0.4, 0.5) is 11.4 Å². The van der Waals surface area contributed by atoms with Gasteiger partial charge in [0.15, 0.2) is 10.3 Å². The van der Waals surface area contributed by atoms with Crippen LogP contribution in [0.5, 0.6) is 0 Å². The predicted molar refractivity (Wildman–Crippen MR) is 101 cm³/mol. The number of thiocarbonyl (C=S) groups is 1. The Hall–Kier alpha value is -1.64. The maximum Gasteiger partial charge on any atom is 0.294 e. The Bertz CT molecular complexity index is 681. The van der Waals surface area contributed by atoms with Crippen molar-refractivity contribution in [2.45, 2.75) is 12.2 Å². The molecular weight excluding hydrogens is 356 g/mol. The van der Waals surface area contributed by atoms with Crippen molar-refractivity contribution in [3.8, 4) is 0 Å². The average Bonchev–Trinajstić information content (AvgIpc) is 2.85. The normalized spacial score (nSPS) is 19.0. The zero-order valence-electron chi connectivity index (χ0n) is 12.4. The summed E-state index contributed by atoms with van der Waals surface area (Å²) in [6, 6.07) is 4.61. The first kappa shape index (κ1) is 17.7. The number of nitrogens with one attached hydrogen (secondary N) is 1. The van der Waals surface area contributed by atoms with Gasteiger partial charge in [-0.2, -0.15) is 4.99 Å². The molecule has 1 fully saturated rings. The van der Waals surface area contributed by atoms with Gasteiger partial charge in [0.25, 0.3) is 5.69 Å². The maximum absolute atomic E-state index is 11.3. The van der Waals surface area contributed by atoms with Gasteiger partial charge in [0.2, 0.25) is 0 Å². The van der Waals surface area contributed by atoms with Gasteiger partial charge >= 0.3 is 0 Å². The van der Waals surface area contributed by atoms with E-state index in [9.17, 15) is 10.1 Å². The highest BCUT2D eigenvalue weighted by atomic mass is 35.5. The second-order valence-corrected chi connectivity index (χ2v) is 7.03. The molecule has 6 nitrogen and oxygen atoms in total. The van der Waals surface area contributed by atoms with Crippen LogP contribution < -0.4 is 10.2 Å². The quantitative estimate of drug-likeness (QED) is 0.378. The summed E-state index contributed by atoms with van der Waals surface area (Å²) in [5, 5.41) is 15.7. The van der Waals surface area contributed by atoms with Crippen molar-refractivity contribution < 1.29 is 4.92 Å². The second-order valence-electron chi connectivity index (χ2n) is 4.80. The van der Waals surface area contributed by atoms with E-state index in [1.807, 2.05) is 6.92 Å². The maximum atomic E-state index is 11.3. The zero-order chi connectivity index (χ0) is 17.0. The fraction of sp³-hybridized carbons (Fsp3) is 0.286. The van der Waals surface area contributed by atoms with E-state index in [1.165, 1.54) is 17.8 Å². The molecule has 23 heavy (non-hydrogen) atoms. The number of benzene rings is 1. The monoisotopic (exact) mass is 370 g/mol. The molecule has 1 atom stereocenters. The minimum atomic E-state index is -0.444. The molecule has 1 aromatic carbocycles. The van der Waals surface area contributed by atoms with Gasteiger partial charge in [0.1, 0.15) is 5.69 Å². The van der Waals surface area contributed by atoms with Gasteiger partial charge in [-0.25, -0.2) is 0 Å². The van der Waals surface area contributed by atoms with Gasteiger partial charge in [0, 0.05) is 29.4 Å². The molecule has 0 radical (unpaired) electrons. The minimum Gasteiger partial charge on any atom is -0.357 e. The Morgan fingerprint density at radius 3 is 3.13 bits per heavy atom. The highest BCUT2D eigenvalue weighted by Crippen LogP contribution is 2.37. The molecule has 122 valence electrons. The predicted octanol–water partition coefficient (Wildman–Crippen LogP) is 3.61. The summed E-state index contributed by atoms with van der Waals surface area (Å²) in [6.45, 7) is 6.75. The third-order valence-electron chi connectivity index (χ3n) is 3.00. The molecule has 1 aliphatic heterocycles. The molecule has 1 saturated heterocycles. The van der Waals surface area contributed by atoms with Crippen LogP contribution in [0.15, 0.2) is 35.8 Å². The van der Waals surface area contributed by atoms with E-state index >= 15 is 0 Å². The van der Waals surface area contributed by atoms with Crippen LogP contribution in [0, 0.1) is 10.1 Å². The molecule has 9 heteroatoms. The Kier molecular flexibility index (Phi) is 5.97. The number of nitro benzene ring substituents is 1. The van der Waals surface area contributed by atoms with Gasteiger partial charge in [-0.3, -0.25) is 10.1 Å². The third-order valence-corrected chi connectivity index (χ3v) is 4.54. The van der Waals surface area contributed by atoms with E-state index in [4.69, 9.17) is 23.8 Å². The highest BCUT2D eigenvalue weighted by Gasteiger charge is 2.31. The highest BCUT2D eigenvalue weighted by molar-refractivity contribution is 8.15.